The van der Waals surface area contributed by atoms with Crippen molar-refractivity contribution >= 4 is 58.6 Å². The van der Waals surface area contributed by atoms with E-state index in [1.165, 1.54) is 6.21 Å². The second kappa shape index (κ2) is 14.7. The van der Waals surface area contributed by atoms with Crippen LogP contribution in [0, 0.1) is 0 Å². The van der Waals surface area contributed by atoms with Crippen LogP contribution in [0.1, 0.15) is 36.6 Å². The molecule has 4 rings (SSSR count). The Bertz CT molecular complexity index is 1530. The number of thiocarbonyl (C=S) groups is 1. The number of carbonyl (C=O) groups is 2. The molecule has 0 fully saturated rings. The van der Waals surface area contributed by atoms with E-state index in [9.17, 15) is 9.59 Å². The van der Waals surface area contributed by atoms with Gasteiger partial charge in [-0.2, -0.15) is 5.10 Å². The summed E-state index contributed by atoms with van der Waals surface area (Å²) in [5.41, 5.74) is 5.51. The minimum absolute atomic E-state index is 0.219. The lowest BCUT2D eigenvalue weighted by Gasteiger charge is -2.30. The summed E-state index contributed by atoms with van der Waals surface area (Å²) in [4.78, 5) is 25.3. The van der Waals surface area contributed by atoms with Crippen LogP contribution in [0.5, 0.6) is 11.5 Å². The monoisotopic (exact) mass is 626 g/mol. The van der Waals surface area contributed by atoms with Crippen LogP contribution in [0.4, 0.5) is 0 Å². The Hall–Kier alpha value is -4.12. The molecular formula is C30H28Cl2N4O5S. The zero-order chi connectivity index (χ0) is 30.1. The quantitative estimate of drug-likeness (QED) is 0.111. The number of carbonyl (C=O) groups excluding carboxylic acids is 2. The first-order valence-corrected chi connectivity index (χ1v) is 14.1. The predicted molar refractivity (Wildman–Crippen MR) is 166 cm³/mol. The van der Waals surface area contributed by atoms with Gasteiger partial charge in [-0.05, 0) is 68.0 Å². The Morgan fingerprint density at radius 1 is 1.02 bits per heavy atom. The Morgan fingerprint density at radius 2 is 1.76 bits per heavy atom. The lowest BCUT2D eigenvalue weighted by molar-refractivity contribution is -0.139. The number of allylic oxidation sites excluding steroid dienone is 1. The van der Waals surface area contributed by atoms with Gasteiger partial charge < -0.3 is 24.8 Å². The van der Waals surface area contributed by atoms with E-state index in [1.54, 1.807) is 68.4 Å². The molecular weight excluding hydrogens is 599 g/mol. The zero-order valence-corrected chi connectivity index (χ0v) is 25.1. The van der Waals surface area contributed by atoms with E-state index in [0.717, 1.165) is 5.56 Å². The van der Waals surface area contributed by atoms with Gasteiger partial charge >= 0.3 is 5.97 Å². The molecule has 218 valence electrons. The molecule has 0 unspecified atom stereocenters. The SMILES string of the molecule is CCOC(=O)C1=C(C)NC(=S)N[C@H]1c1ccccc1OCC(=O)NN=Cc1cc(Cl)ccc1OCc1ccc(Cl)cc1. The summed E-state index contributed by atoms with van der Waals surface area (Å²) >= 11 is 17.4. The summed E-state index contributed by atoms with van der Waals surface area (Å²) in [5.74, 6) is -0.0634. The molecule has 1 aliphatic heterocycles. The number of hydrogen-bond acceptors (Lipinski definition) is 7. The van der Waals surface area contributed by atoms with Crippen LogP contribution in [0.25, 0.3) is 0 Å². The van der Waals surface area contributed by atoms with Crippen molar-refractivity contribution in [3.05, 3.63) is 105 Å². The second-order valence-corrected chi connectivity index (χ2v) is 10.3. The van der Waals surface area contributed by atoms with Gasteiger partial charge in [0.15, 0.2) is 11.7 Å². The number of halogens is 2. The Labute approximate surface area is 258 Å². The topological polar surface area (TPSA) is 110 Å². The predicted octanol–water partition coefficient (Wildman–Crippen LogP) is 5.46. The van der Waals surface area contributed by atoms with Crippen LogP contribution >= 0.6 is 35.4 Å². The molecule has 0 saturated carbocycles. The lowest BCUT2D eigenvalue weighted by Crippen LogP contribution is -2.45. The van der Waals surface area contributed by atoms with Gasteiger partial charge in [-0.25, -0.2) is 10.2 Å². The molecule has 3 aromatic carbocycles. The minimum Gasteiger partial charge on any atom is -0.488 e. The van der Waals surface area contributed by atoms with Crippen LogP contribution in [-0.2, 0) is 20.9 Å². The molecule has 9 nitrogen and oxygen atoms in total. The van der Waals surface area contributed by atoms with Gasteiger partial charge in [0.05, 0.1) is 24.4 Å². The number of rotatable bonds is 11. The van der Waals surface area contributed by atoms with E-state index in [2.05, 4.69) is 21.2 Å². The summed E-state index contributed by atoms with van der Waals surface area (Å²) in [6.45, 7) is 3.67. The molecule has 0 aromatic heterocycles. The molecule has 42 heavy (non-hydrogen) atoms. The van der Waals surface area contributed by atoms with E-state index in [-0.39, 0.29) is 13.2 Å². The molecule has 1 atom stereocenters. The van der Waals surface area contributed by atoms with E-state index < -0.39 is 17.9 Å². The highest BCUT2D eigenvalue weighted by Gasteiger charge is 2.32. The molecule has 0 radical (unpaired) electrons. The van der Waals surface area contributed by atoms with Gasteiger partial charge in [-0.1, -0.05) is 53.5 Å². The molecule has 1 aliphatic rings. The van der Waals surface area contributed by atoms with Crippen molar-refractivity contribution in [2.75, 3.05) is 13.2 Å². The fourth-order valence-electron chi connectivity index (χ4n) is 4.10. The largest absolute Gasteiger partial charge is 0.488 e. The summed E-state index contributed by atoms with van der Waals surface area (Å²) in [7, 11) is 0. The third-order valence-corrected chi connectivity index (χ3v) is 6.73. The summed E-state index contributed by atoms with van der Waals surface area (Å²) in [6.07, 6.45) is 1.44. The first-order valence-electron chi connectivity index (χ1n) is 12.9. The van der Waals surface area contributed by atoms with E-state index in [0.29, 0.717) is 55.7 Å². The third-order valence-electron chi connectivity index (χ3n) is 6.03. The van der Waals surface area contributed by atoms with Gasteiger partial charge in [0.2, 0.25) is 0 Å². The maximum atomic E-state index is 12.7. The smallest absolute Gasteiger partial charge is 0.338 e. The van der Waals surface area contributed by atoms with Crippen LogP contribution in [0.2, 0.25) is 10.0 Å². The number of benzene rings is 3. The minimum atomic E-state index is -0.635. The lowest BCUT2D eigenvalue weighted by atomic mass is 9.95. The molecule has 1 amide bonds. The number of nitrogens with one attached hydrogen (secondary N) is 3. The van der Waals surface area contributed by atoms with Gasteiger partial charge in [0.1, 0.15) is 18.1 Å². The van der Waals surface area contributed by atoms with Crippen molar-refractivity contribution in [2.24, 2.45) is 5.10 Å². The van der Waals surface area contributed by atoms with Crippen molar-refractivity contribution in [1.29, 1.82) is 0 Å². The highest BCUT2D eigenvalue weighted by molar-refractivity contribution is 7.80. The number of esters is 1. The van der Waals surface area contributed by atoms with Crippen molar-refractivity contribution in [2.45, 2.75) is 26.5 Å². The first kappa shape index (κ1) is 30.8. The van der Waals surface area contributed by atoms with E-state index >= 15 is 0 Å². The van der Waals surface area contributed by atoms with Gasteiger partial charge in [-0.3, -0.25) is 4.79 Å². The first-order chi connectivity index (χ1) is 20.2. The van der Waals surface area contributed by atoms with Crippen molar-refractivity contribution in [3.8, 4) is 11.5 Å². The van der Waals surface area contributed by atoms with Crippen molar-refractivity contribution in [1.82, 2.24) is 16.1 Å². The summed E-state index contributed by atoms with van der Waals surface area (Å²) < 4.78 is 17.0. The Balaban J connectivity index is 1.41. The van der Waals surface area contributed by atoms with Crippen LogP contribution in [0.3, 0.4) is 0 Å². The molecule has 0 saturated heterocycles. The molecule has 0 bridgehead atoms. The van der Waals surface area contributed by atoms with E-state index in [1.807, 2.05) is 12.1 Å². The number of hydrazone groups is 1. The average molecular weight is 628 g/mol. The maximum absolute atomic E-state index is 12.7. The zero-order valence-electron chi connectivity index (χ0n) is 22.8. The Kier molecular flexibility index (Phi) is 10.8. The highest BCUT2D eigenvalue weighted by Crippen LogP contribution is 2.33. The molecule has 3 aromatic rings. The number of nitrogens with zero attached hydrogens (tertiary/aromatic N) is 1. The number of hydrogen-bond donors (Lipinski definition) is 3. The third kappa shape index (κ3) is 8.22. The van der Waals surface area contributed by atoms with Crippen LogP contribution in [0.15, 0.2) is 83.1 Å². The van der Waals surface area contributed by atoms with Gasteiger partial charge in [0, 0.05) is 26.9 Å². The molecule has 0 aliphatic carbocycles. The van der Waals surface area contributed by atoms with Crippen molar-refractivity contribution in [3.63, 3.8) is 0 Å². The van der Waals surface area contributed by atoms with Crippen LogP contribution < -0.4 is 25.5 Å². The maximum Gasteiger partial charge on any atom is 0.338 e. The number of para-hydroxylation sites is 1. The molecule has 3 N–H and O–H groups in total. The fourth-order valence-corrected chi connectivity index (χ4v) is 4.68. The summed E-state index contributed by atoms with van der Waals surface area (Å²) in [6, 6.07) is 18.8. The molecule has 0 spiro atoms. The number of amides is 1. The molecule has 1 heterocycles. The normalized spacial score (nSPS) is 14.7. The van der Waals surface area contributed by atoms with Gasteiger partial charge in [0.25, 0.3) is 5.91 Å². The fraction of sp³-hybridized carbons (Fsp3) is 0.200. The second-order valence-electron chi connectivity index (χ2n) is 9.01. The Morgan fingerprint density at radius 3 is 2.52 bits per heavy atom. The highest BCUT2D eigenvalue weighted by atomic mass is 35.5. The average Bonchev–Trinajstić information content (AvgIpc) is 2.96. The van der Waals surface area contributed by atoms with Gasteiger partial charge in [-0.15, -0.1) is 0 Å². The van der Waals surface area contributed by atoms with Crippen molar-refractivity contribution < 1.29 is 23.8 Å². The summed E-state index contributed by atoms with van der Waals surface area (Å²) in [5, 5.41) is 11.6. The van der Waals surface area contributed by atoms with Crippen LogP contribution in [-0.4, -0.2) is 36.4 Å². The standard InChI is InChI=1S/C30H28Cl2N4O5S/c1-3-39-29(38)27-18(2)34-30(42)35-28(27)23-6-4-5-7-25(23)41-17-26(37)36-33-15-20-14-22(32)12-13-24(20)40-16-19-8-10-21(31)11-9-19/h4-15,28H,3,16-17H2,1-2H3,(H,36,37)(H2,34,35,42)/t28-/m0/s1. The molecule has 12 heteroatoms. The van der Waals surface area contributed by atoms with E-state index in [4.69, 9.17) is 49.6 Å². The number of ether oxygens (including phenoxy) is 3.